The van der Waals surface area contributed by atoms with Crippen molar-refractivity contribution in [1.82, 2.24) is 0 Å². The standard InChI is InChI=1S/C49H94O6/c1-6-7-8-9-10-11-16-20-23-29-34-39-47(50)53-42-46(55-49(52)41-36-31-26-25-28-33-38-45(4)5)43-54-48(51)40-35-30-24-21-18-15-13-12-14-17-19-22-27-32-37-44(2)3/h44-46H,6-43H2,1-5H3/t46-/m0/s1. The third-order valence-electron chi connectivity index (χ3n) is 11.0. The molecule has 0 aromatic rings. The number of hydrogen-bond donors (Lipinski definition) is 0. The Labute approximate surface area is 342 Å². The van der Waals surface area contributed by atoms with E-state index in [2.05, 4.69) is 34.6 Å². The molecule has 326 valence electrons. The number of hydrogen-bond acceptors (Lipinski definition) is 6. The van der Waals surface area contributed by atoms with Gasteiger partial charge in [-0.2, -0.15) is 0 Å². The van der Waals surface area contributed by atoms with E-state index >= 15 is 0 Å². The zero-order valence-electron chi connectivity index (χ0n) is 37.6. The van der Waals surface area contributed by atoms with Crippen molar-refractivity contribution >= 4 is 17.9 Å². The van der Waals surface area contributed by atoms with E-state index in [-0.39, 0.29) is 31.1 Å². The fourth-order valence-corrected chi connectivity index (χ4v) is 7.28. The highest BCUT2D eigenvalue weighted by Crippen LogP contribution is 2.17. The van der Waals surface area contributed by atoms with Gasteiger partial charge in [0, 0.05) is 19.3 Å². The first-order valence-corrected chi connectivity index (χ1v) is 24.2. The Morgan fingerprint density at radius 3 is 0.891 bits per heavy atom. The number of carbonyl (C=O) groups is 3. The molecule has 0 rings (SSSR count). The van der Waals surface area contributed by atoms with E-state index in [1.807, 2.05) is 0 Å². The van der Waals surface area contributed by atoms with Crippen molar-refractivity contribution in [1.29, 1.82) is 0 Å². The molecule has 0 unspecified atom stereocenters. The molecule has 0 N–H and O–H groups in total. The van der Waals surface area contributed by atoms with Gasteiger partial charge in [0.25, 0.3) is 0 Å². The van der Waals surface area contributed by atoms with E-state index in [0.717, 1.165) is 69.6 Å². The summed E-state index contributed by atoms with van der Waals surface area (Å²) >= 11 is 0. The summed E-state index contributed by atoms with van der Waals surface area (Å²) < 4.78 is 16.7. The van der Waals surface area contributed by atoms with Crippen LogP contribution in [0.15, 0.2) is 0 Å². The molecule has 0 aromatic heterocycles. The minimum Gasteiger partial charge on any atom is -0.462 e. The smallest absolute Gasteiger partial charge is 0.306 e. The fraction of sp³-hybridized carbons (Fsp3) is 0.939. The van der Waals surface area contributed by atoms with Gasteiger partial charge in [0.05, 0.1) is 0 Å². The average Bonchev–Trinajstić information content (AvgIpc) is 3.15. The minimum atomic E-state index is -0.761. The molecule has 55 heavy (non-hydrogen) atoms. The molecule has 6 heteroatoms. The maximum Gasteiger partial charge on any atom is 0.306 e. The lowest BCUT2D eigenvalue weighted by Gasteiger charge is -2.18. The van der Waals surface area contributed by atoms with Gasteiger partial charge >= 0.3 is 17.9 Å². The first-order valence-electron chi connectivity index (χ1n) is 24.2. The molecule has 0 aliphatic heterocycles. The van der Waals surface area contributed by atoms with Crippen LogP contribution < -0.4 is 0 Å². The zero-order chi connectivity index (χ0) is 40.5. The van der Waals surface area contributed by atoms with E-state index in [9.17, 15) is 14.4 Å². The predicted molar refractivity (Wildman–Crippen MR) is 233 cm³/mol. The quantitative estimate of drug-likeness (QED) is 0.0348. The molecule has 0 saturated heterocycles. The van der Waals surface area contributed by atoms with E-state index in [1.54, 1.807) is 0 Å². The highest BCUT2D eigenvalue weighted by molar-refractivity contribution is 5.71. The summed E-state index contributed by atoms with van der Waals surface area (Å²) in [6, 6.07) is 0. The van der Waals surface area contributed by atoms with Crippen LogP contribution in [0.1, 0.15) is 266 Å². The molecule has 6 nitrogen and oxygen atoms in total. The van der Waals surface area contributed by atoms with Crippen LogP contribution in [0, 0.1) is 11.8 Å². The second-order valence-electron chi connectivity index (χ2n) is 17.7. The lowest BCUT2D eigenvalue weighted by atomic mass is 10.0. The van der Waals surface area contributed by atoms with Crippen molar-refractivity contribution in [2.45, 2.75) is 272 Å². The number of unbranched alkanes of at least 4 members (excludes halogenated alkanes) is 28. The van der Waals surface area contributed by atoms with Crippen molar-refractivity contribution in [3.8, 4) is 0 Å². The van der Waals surface area contributed by atoms with Gasteiger partial charge in [-0.05, 0) is 31.1 Å². The van der Waals surface area contributed by atoms with E-state index in [0.29, 0.717) is 19.3 Å². The normalized spacial score (nSPS) is 12.1. The van der Waals surface area contributed by atoms with Crippen LogP contribution in [-0.2, 0) is 28.6 Å². The van der Waals surface area contributed by atoms with Crippen molar-refractivity contribution in [3.63, 3.8) is 0 Å². The summed E-state index contributed by atoms with van der Waals surface area (Å²) in [5.74, 6) is 0.745. The summed E-state index contributed by atoms with van der Waals surface area (Å²) in [6.45, 7) is 11.3. The number of esters is 3. The molecule has 0 fully saturated rings. The number of carbonyl (C=O) groups excluding carboxylic acids is 3. The fourth-order valence-electron chi connectivity index (χ4n) is 7.28. The Kier molecular flexibility index (Phi) is 40.8. The Bertz CT molecular complexity index is 839. The van der Waals surface area contributed by atoms with Crippen LogP contribution in [0.4, 0.5) is 0 Å². The van der Waals surface area contributed by atoms with Crippen LogP contribution >= 0.6 is 0 Å². The number of rotatable bonds is 43. The summed E-state index contributed by atoms with van der Waals surface area (Å²) in [6.07, 6.45) is 41.0. The highest BCUT2D eigenvalue weighted by atomic mass is 16.6. The topological polar surface area (TPSA) is 78.9 Å². The molecule has 0 heterocycles. The Morgan fingerprint density at radius 2 is 0.600 bits per heavy atom. The second kappa shape index (κ2) is 42.0. The largest absolute Gasteiger partial charge is 0.462 e. The Morgan fingerprint density at radius 1 is 0.345 bits per heavy atom. The van der Waals surface area contributed by atoms with Gasteiger partial charge in [0.2, 0.25) is 0 Å². The van der Waals surface area contributed by atoms with Gasteiger partial charge in [0.1, 0.15) is 13.2 Å². The van der Waals surface area contributed by atoms with Crippen molar-refractivity contribution < 1.29 is 28.6 Å². The van der Waals surface area contributed by atoms with Crippen molar-refractivity contribution in [2.24, 2.45) is 11.8 Å². The number of ether oxygens (including phenoxy) is 3. The molecular weight excluding hydrogens is 685 g/mol. The van der Waals surface area contributed by atoms with E-state index < -0.39 is 6.10 Å². The Balaban J connectivity index is 4.24. The summed E-state index contributed by atoms with van der Waals surface area (Å²) in [5, 5.41) is 0. The monoisotopic (exact) mass is 779 g/mol. The minimum absolute atomic E-state index is 0.0652. The maximum atomic E-state index is 12.7. The molecule has 0 aliphatic carbocycles. The van der Waals surface area contributed by atoms with Crippen LogP contribution in [0.3, 0.4) is 0 Å². The summed E-state index contributed by atoms with van der Waals surface area (Å²) in [7, 11) is 0. The molecule has 0 bridgehead atoms. The van der Waals surface area contributed by atoms with Gasteiger partial charge < -0.3 is 14.2 Å². The lowest BCUT2D eigenvalue weighted by Crippen LogP contribution is -2.30. The van der Waals surface area contributed by atoms with Crippen LogP contribution in [-0.4, -0.2) is 37.2 Å². The van der Waals surface area contributed by atoms with Crippen molar-refractivity contribution in [2.75, 3.05) is 13.2 Å². The molecule has 0 spiro atoms. The molecule has 0 saturated carbocycles. The van der Waals surface area contributed by atoms with Gasteiger partial charge in [-0.25, -0.2) is 0 Å². The zero-order valence-corrected chi connectivity index (χ0v) is 37.6. The van der Waals surface area contributed by atoms with Crippen LogP contribution in [0.2, 0.25) is 0 Å². The van der Waals surface area contributed by atoms with E-state index in [1.165, 1.54) is 154 Å². The van der Waals surface area contributed by atoms with Gasteiger partial charge in [-0.15, -0.1) is 0 Å². The molecule has 0 aromatic carbocycles. The van der Waals surface area contributed by atoms with E-state index in [4.69, 9.17) is 14.2 Å². The highest BCUT2D eigenvalue weighted by Gasteiger charge is 2.19. The SMILES string of the molecule is CCCCCCCCCCCCCC(=O)OC[C@@H](COC(=O)CCCCCCCCCCCCCCCCC(C)C)OC(=O)CCCCCCCCC(C)C. The van der Waals surface area contributed by atoms with Crippen LogP contribution in [0.5, 0.6) is 0 Å². The van der Waals surface area contributed by atoms with Gasteiger partial charge in [-0.3, -0.25) is 14.4 Å². The third-order valence-corrected chi connectivity index (χ3v) is 11.0. The maximum absolute atomic E-state index is 12.7. The van der Waals surface area contributed by atoms with Gasteiger partial charge in [0.15, 0.2) is 6.10 Å². The van der Waals surface area contributed by atoms with Crippen molar-refractivity contribution in [3.05, 3.63) is 0 Å². The molecule has 0 radical (unpaired) electrons. The second-order valence-corrected chi connectivity index (χ2v) is 17.7. The first-order chi connectivity index (χ1) is 26.7. The summed E-state index contributed by atoms with van der Waals surface area (Å²) in [4.78, 5) is 37.7. The lowest BCUT2D eigenvalue weighted by molar-refractivity contribution is -0.167. The predicted octanol–water partition coefficient (Wildman–Crippen LogP) is 15.4. The average molecular weight is 779 g/mol. The molecule has 1 atom stereocenters. The first kappa shape index (κ1) is 53.4. The molecular formula is C49H94O6. The summed E-state index contributed by atoms with van der Waals surface area (Å²) in [5.41, 5.74) is 0. The van der Waals surface area contributed by atoms with Crippen LogP contribution in [0.25, 0.3) is 0 Å². The third kappa shape index (κ3) is 43.4. The van der Waals surface area contributed by atoms with Gasteiger partial charge in [-0.1, -0.05) is 227 Å². The Hall–Kier alpha value is -1.59. The molecule has 0 aliphatic rings. The molecule has 0 amide bonds.